The van der Waals surface area contributed by atoms with E-state index in [4.69, 9.17) is 5.11 Å². The van der Waals surface area contributed by atoms with Gasteiger partial charge in [0.1, 0.15) is 6.04 Å². The average molecular weight is 240 g/mol. The topological polar surface area (TPSA) is 86.7 Å². The van der Waals surface area contributed by atoms with Crippen molar-refractivity contribution >= 4 is 17.8 Å². The van der Waals surface area contributed by atoms with Crippen molar-refractivity contribution in [2.24, 2.45) is 5.92 Å². The molecule has 0 radical (unpaired) electrons. The number of hydrogen-bond donors (Lipinski definition) is 2. The molecule has 2 unspecified atom stereocenters. The number of amides is 2. The van der Waals surface area contributed by atoms with Gasteiger partial charge in [-0.2, -0.15) is 0 Å². The van der Waals surface area contributed by atoms with Gasteiger partial charge in [-0.15, -0.1) is 0 Å². The predicted molar refractivity (Wildman–Crippen MR) is 58.1 cm³/mol. The second kappa shape index (κ2) is 4.35. The fourth-order valence-electron chi connectivity index (χ4n) is 2.58. The molecular formula is C11H16N2O4. The molecule has 17 heavy (non-hydrogen) atoms. The highest BCUT2D eigenvalue weighted by Crippen LogP contribution is 2.26. The van der Waals surface area contributed by atoms with Crippen molar-refractivity contribution in [1.29, 1.82) is 0 Å². The van der Waals surface area contributed by atoms with Crippen LogP contribution in [0.5, 0.6) is 0 Å². The third-order valence-electron chi connectivity index (χ3n) is 3.65. The first-order valence-electron chi connectivity index (χ1n) is 5.83. The van der Waals surface area contributed by atoms with Gasteiger partial charge in [0.05, 0.1) is 5.92 Å². The quantitative estimate of drug-likeness (QED) is 0.686. The molecule has 0 saturated carbocycles. The van der Waals surface area contributed by atoms with Gasteiger partial charge in [-0.05, 0) is 19.8 Å². The SMILES string of the molecule is CC1C(C(=O)O)CCN1C(=O)[C@H]1CCC(=O)N1. The molecule has 0 aromatic rings. The molecule has 6 nitrogen and oxygen atoms in total. The molecule has 2 aliphatic rings. The minimum absolute atomic E-state index is 0.106. The van der Waals surface area contributed by atoms with Gasteiger partial charge in [0.2, 0.25) is 11.8 Å². The number of carboxylic acid groups (broad SMARTS) is 1. The van der Waals surface area contributed by atoms with E-state index in [1.165, 1.54) is 0 Å². The van der Waals surface area contributed by atoms with Crippen molar-refractivity contribution in [2.45, 2.75) is 38.3 Å². The minimum Gasteiger partial charge on any atom is -0.481 e. The number of likely N-dealkylation sites (tertiary alicyclic amines) is 1. The molecule has 6 heteroatoms. The summed E-state index contributed by atoms with van der Waals surface area (Å²) in [7, 11) is 0. The first-order chi connectivity index (χ1) is 8.00. The normalized spacial score (nSPS) is 32.6. The number of aliphatic carboxylic acids is 1. The molecule has 2 aliphatic heterocycles. The van der Waals surface area contributed by atoms with Crippen molar-refractivity contribution in [2.75, 3.05) is 6.54 Å². The van der Waals surface area contributed by atoms with Crippen LogP contribution in [-0.4, -0.2) is 46.4 Å². The maximum atomic E-state index is 12.1. The number of hydrogen-bond acceptors (Lipinski definition) is 3. The zero-order valence-electron chi connectivity index (χ0n) is 9.68. The molecule has 2 heterocycles. The lowest BCUT2D eigenvalue weighted by Crippen LogP contribution is -2.47. The monoisotopic (exact) mass is 240 g/mol. The molecule has 0 aliphatic carbocycles. The minimum atomic E-state index is -0.858. The maximum absolute atomic E-state index is 12.1. The van der Waals surface area contributed by atoms with E-state index in [0.29, 0.717) is 25.8 Å². The number of carbonyl (C=O) groups is 3. The third kappa shape index (κ3) is 2.11. The van der Waals surface area contributed by atoms with Crippen LogP contribution in [0.2, 0.25) is 0 Å². The lowest BCUT2D eigenvalue weighted by atomic mass is 10.0. The highest BCUT2D eigenvalue weighted by Gasteiger charge is 2.41. The zero-order valence-corrected chi connectivity index (χ0v) is 9.68. The standard InChI is InChI=1S/C11H16N2O4/c1-6-7(11(16)17)4-5-13(6)10(15)8-2-3-9(14)12-8/h6-8H,2-5H2,1H3,(H,12,14)(H,16,17)/t6?,7?,8-/m1/s1. The van der Waals surface area contributed by atoms with Gasteiger partial charge in [0, 0.05) is 19.0 Å². The Labute approximate surface area is 99.0 Å². The Morgan fingerprint density at radius 3 is 2.59 bits per heavy atom. The van der Waals surface area contributed by atoms with Crippen LogP contribution in [0, 0.1) is 5.92 Å². The summed E-state index contributed by atoms with van der Waals surface area (Å²) in [6.45, 7) is 2.21. The van der Waals surface area contributed by atoms with E-state index >= 15 is 0 Å². The summed E-state index contributed by atoms with van der Waals surface area (Å²) >= 11 is 0. The number of nitrogens with zero attached hydrogens (tertiary/aromatic N) is 1. The van der Waals surface area contributed by atoms with Crippen LogP contribution in [-0.2, 0) is 14.4 Å². The van der Waals surface area contributed by atoms with Crippen LogP contribution in [0.15, 0.2) is 0 Å². The van der Waals surface area contributed by atoms with Gasteiger partial charge in [-0.1, -0.05) is 0 Å². The van der Waals surface area contributed by atoms with Crippen LogP contribution >= 0.6 is 0 Å². The van der Waals surface area contributed by atoms with Crippen LogP contribution in [0.4, 0.5) is 0 Å². The molecule has 0 aromatic carbocycles. The Bertz CT molecular complexity index is 368. The van der Waals surface area contributed by atoms with Gasteiger partial charge >= 0.3 is 5.97 Å². The van der Waals surface area contributed by atoms with E-state index in [9.17, 15) is 14.4 Å². The Morgan fingerprint density at radius 1 is 1.41 bits per heavy atom. The molecule has 0 spiro atoms. The van der Waals surface area contributed by atoms with Crippen LogP contribution < -0.4 is 5.32 Å². The summed E-state index contributed by atoms with van der Waals surface area (Å²) < 4.78 is 0. The number of carbonyl (C=O) groups excluding carboxylic acids is 2. The molecule has 3 atom stereocenters. The number of carboxylic acids is 1. The second-order valence-electron chi connectivity index (χ2n) is 4.66. The number of rotatable bonds is 2. The number of nitrogens with one attached hydrogen (secondary N) is 1. The Balaban J connectivity index is 2.01. The van der Waals surface area contributed by atoms with Crippen molar-refractivity contribution < 1.29 is 19.5 Å². The largest absolute Gasteiger partial charge is 0.481 e. The van der Waals surface area contributed by atoms with E-state index in [0.717, 1.165) is 0 Å². The van der Waals surface area contributed by atoms with E-state index in [1.54, 1.807) is 11.8 Å². The van der Waals surface area contributed by atoms with Gasteiger partial charge in [-0.25, -0.2) is 0 Å². The van der Waals surface area contributed by atoms with Crippen LogP contribution in [0.1, 0.15) is 26.2 Å². The molecule has 2 fully saturated rings. The Hall–Kier alpha value is -1.59. The van der Waals surface area contributed by atoms with E-state index in [1.807, 2.05) is 0 Å². The molecule has 0 aromatic heterocycles. The van der Waals surface area contributed by atoms with Gasteiger partial charge in [0.15, 0.2) is 0 Å². The summed E-state index contributed by atoms with van der Waals surface area (Å²) in [4.78, 5) is 35.7. The van der Waals surface area contributed by atoms with E-state index < -0.39 is 17.9 Å². The predicted octanol–water partition coefficient (Wildman–Crippen LogP) is -0.413. The molecule has 94 valence electrons. The third-order valence-corrected chi connectivity index (χ3v) is 3.65. The Kier molecular flexibility index (Phi) is 3.04. The average Bonchev–Trinajstić information content (AvgIpc) is 2.83. The first kappa shape index (κ1) is 11.9. The van der Waals surface area contributed by atoms with Crippen molar-refractivity contribution in [3.05, 3.63) is 0 Å². The van der Waals surface area contributed by atoms with E-state index in [2.05, 4.69) is 5.32 Å². The molecule has 0 bridgehead atoms. The highest BCUT2D eigenvalue weighted by molar-refractivity contribution is 5.91. The lowest BCUT2D eigenvalue weighted by molar-refractivity contribution is -0.143. The second-order valence-corrected chi connectivity index (χ2v) is 4.66. The molecule has 2 rings (SSSR count). The van der Waals surface area contributed by atoms with Crippen molar-refractivity contribution in [3.63, 3.8) is 0 Å². The summed E-state index contributed by atoms with van der Waals surface area (Å²) in [6.07, 6.45) is 1.38. The summed E-state index contributed by atoms with van der Waals surface area (Å²) in [5.74, 6) is -1.60. The smallest absolute Gasteiger partial charge is 0.308 e. The van der Waals surface area contributed by atoms with Gasteiger partial charge in [0.25, 0.3) is 0 Å². The van der Waals surface area contributed by atoms with Crippen LogP contribution in [0.25, 0.3) is 0 Å². The first-order valence-corrected chi connectivity index (χ1v) is 5.83. The molecule has 2 saturated heterocycles. The summed E-state index contributed by atoms with van der Waals surface area (Å²) in [5, 5.41) is 11.6. The fourth-order valence-corrected chi connectivity index (χ4v) is 2.58. The van der Waals surface area contributed by atoms with Crippen molar-refractivity contribution in [1.82, 2.24) is 10.2 Å². The zero-order chi connectivity index (χ0) is 12.6. The summed E-state index contributed by atoms with van der Waals surface area (Å²) in [5.41, 5.74) is 0. The highest BCUT2D eigenvalue weighted by atomic mass is 16.4. The Morgan fingerprint density at radius 2 is 2.12 bits per heavy atom. The van der Waals surface area contributed by atoms with Gasteiger partial charge in [-0.3, -0.25) is 14.4 Å². The molecule has 2 N–H and O–H groups in total. The fraction of sp³-hybridized carbons (Fsp3) is 0.727. The van der Waals surface area contributed by atoms with Gasteiger partial charge < -0.3 is 15.3 Å². The van der Waals surface area contributed by atoms with E-state index in [-0.39, 0.29) is 17.9 Å². The maximum Gasteiger partial charge on any atom is 0.308 e. The van der Waals surface area contributed by atoms with Crippen LogP contribution in [0.3, 0.4) is 0 Å². The lowest BCUT2D eigenvalue weighted by Gasteiger charge is -2.26. The molecular weight excluding hydrogens is 224 g/mol. The molecule has 2 amide bonds. The summed E-state index contributed by atoms with van der Waals surface area (Å²) in [6, 6.07) is -0.755. The van der Waals surface area contributed by atoms with Crippen molar-refractivity contribution in [3.8, 4) is 0 Å².